The molecule has 2 unspecified atom stereocenters. The molecule has 1 rings (SSSR count). The van der Waals surface area contributed by atoms with Crippen LogP contribution < -0.4 is 5.32 Å². The lowest BCUT2D eigenvalue weighted by Gasteiger charge is -2.34. The third-order valence-corrected chi connectivity index (χ3v) is 3.48. The number of nitrogens with zero attached hydrogens (tertiary/aromatic N) is 1. The number of likely N-dealkylation sites (N-methyl/N-ethyl adjacent to an activating group) is 1. The Kier molecular flexibility index (Phi) is 4.99. The average Bonchev–Trinajstić information content (AvgIpc) is 2.26. The normalized spacial score (nSPS) is 25.7. The zero-order chi connectivity index (χ0) is 13.1. The first kappa shape index (κ1) is 14.5. The Bertz CT molecular complexity index is 257. The minimum atomic E-state index is 0.0426. The Labute approximate surface area is 106 Å². The molecule has 3 nitrogen and oxygen atoms in total. The number of carbonyl (C=O) groups is 1. The van der Waals surface area contributed by atoms with Crippen molar-refractivity contribution >= 4 is 5.91 Å². The van der Waals surface area contributed by atoms with Gasteiger partial charge in [0, 0.05) is 13.6 Å². The first-order valence-corrected chi connectivity index (χ1v) is 6.82. The van der Waals surface area contributed by atoms with E-state index in [0.717, 1.165) is 19.5 Å². The number of nitrogens with one attached hydrogen (secondary N) is 1. The summed E-state index contributed by atoms with van der Waals surface area (Å²) in [5.41, 5.74) is 0.170. The van der Waals surface area contributed by atoms with E-state index in [1.54, 1.807) is 0 Å². The Morgan fingerprint density at radius 2 is 2.06 bits per heavy atom. The molecular formula is C14H28N2O. The van der Waals surface area contributed by atoms with Crippen LogP contribution >= 0.6 is 0 Å². The van der Waals surface area contributed by atoms with Crippen LogP contribution in [0.15, 0.2) is 0 Å². The van der Waals surface area contributed by atoms with Gasteiger partial charge in [-0.25, -0.2) is 0 Å². The van der Waals surface area contributed by atoms with Gasteiger partial charge in [0.15, 0.2) is 0 Å². The van der Waals surface area contributed by atoms with Crippen LogP contribution in [-0.2, 0) is 4.79 Å². The Hall–Kier alpha value is -0.570. The van der Waals surface area contributed by atoms with Gasteiger partial charge in [-0.2, -0.15) is 0 Å². The van der Waals surface area contributed by atoms with Crippen LogP contribution in [0, 0.1) is 11.3 Å². The summed E-state index contributed by atoms with van der Waals surface area (Å²) >= 11 is 0. The highest BCUT2D eigenvalue weighted by atomic mass is 16.2. The van der Waals surface area contributed by atoms with Crippen LogP contribution in [0.3, 0.4) is 0 Å². The van der Waals surface area contributed by atoms with Gasteiger partial charge in [-0.3, -0.25) is 4.79 Å². The molecule has 1 fully saturated rings. The summed E-state index contributed by atoms with van der Waals surface area (Å²) < 4.78 is 0. The van der Waals surface area contributed by atoms with E-state index in [-0.39, 0.29) is 17.4 Å². The summed E-state index contributed by atoms with van der Waals surface area (Å²) in [5, 5.41) is 3.36. The van der Waals surface area contributed by atoms with Crippen molar-refractivity contribution in [2.75, 3.05) is 20.1 Å². The lowest BCUT2D eigenvalue weighted by molar-refractivity contribution is -0.134. The predicted molar refractivity (Wildman–Crippen MR) is 71.9 cm³/mol. The van der Waals surface area contributed by atoms with E-state index in [1.807, 2.05) is 11.9 Å². The topological polar surface area (TPSA) is 32.3 Å². The highest BCUT2D eigenvalue weighted by molar-refractivity contribution is 5.81. The first-order chi connectivity index (χ1) is 7.83. The van der Waals surface area contributed by atoms with Crippen molar-refractivity contribution in [3.05, 3.63) is 0 Å². The van der Waals surface area contributed by atoms with Crippen molar-refractivity contribution in [2.24, 2.45) is 11.3 Å². The summed E-state index contributed by atoms with van der Waals surface area (Å²) in [5.74, 6) is 0.978. The standard InChI is InChI=1S/C14H28N2O/c1-6-11-7-8-15-12(9-11)13(17)16(5)10-14(2,3)4/h11-12,15H,6-10H2,1-5H3. The lowest BCUT2D eigenvalue weighted by atomic mass is 9.89. The van der Waals surface area contributed by atoms with Crippen molar-refractivity contribution in [2.45, 2.75) is 53.0 Å². The highest BCUT2D eigenvalue weighted by Crippen LogP contribution is 2.21. The summed E-state index contributed by atoms with van der Waals surface area (Å²) in [7, 11) is 1.92. The maximum Gasteiger partial charge on any atom is 0.239 e. The number of carbonyl (C=O) groups excluding carboxylic acids is 1. The largest absolute Gasteiger partial charge is 0.344 e. The van der Waals surface area contributed by atoms with Gasteiger partial charge in [0.2, 0.25) is 5.91 Å². The molecule has 0 aromatic carbocycles. The van der Waals surface area contributed by atoms with Gasteiger partial charge in [-0.05, 0) is 30.7 Å². The first-order valence-electron chi connectivity index (χ1n) is 6.82. The minimum Gasteiger partial charge on any atom is -0.344 e. The molecule has 0 bridgehead atoms. The molecule has 100 valence electrons. The zero-order valence-corrected chi connectivity index (χ0v) is 12.0. The van der Waals surface area contributed by atoms with Crippen LogP contribution in [-0.4, -0.2) is 37.0 Å². The smallest absolute Gasteiger partial charge is 0.239 e. The van der Waals surface area contributed by atoms with E-state index >= 15 is 0 Å². The van der Waals surface area contributed by atoms with Gasteiger partial charge in [0.05, 0.1) is 6.04 Å². The van der Waals surface area contributed by atoms with Crippen molar-refractivity contribution in [1.29, 1.82) is 0 Å². The van der Waals surface area contributed by atoms with Crippen molar-refractivity contribution in [3.63, 3.8) is 0 Å². The van der Waals surface area contributed by atoms with Crippen molar-refractivity contribution < 1.29 is 4.79 Å². The second-order valence-electron chi connectivity index (χ2n) is 6.56. The van der Waals surface area contributed by atoms with Crippen LogP contribution in [0.25, 0.3) is 0 Å². The molecule has 17 heavy (non-hydrogen) atoms. The molecule has 0 aromatic heterocycles. The van der Waals surface area contributed by atoms with Crippen molar-refractivity contribution in [3.8, 4) is 0 Å². The van der Waals surface area contributed by atoms with Gasteiger partial charge in [0.1, 0.15) is 0 Å². The van der Waals surface area contributed by atoms with E-state index in [4.69, 9.17) is 0 Å². The molecule has 1 aliphatic heterocycles. The van der Waals surface area contributed by atoms with Gasteiger partial charge in [0.25, 0.3) is 0 Å². The fourth-order valence-corrected chi connectivity index (χ4v) is 2.61. The quantitative estimate of drug-likeness (QED) is 0.821. The predicted octanol–water partition coefficient (Wildman–Crippen LogP) is 2.27. The number of rotatable bonds is 3. The van der Waals surface area contributed by atoms with Crippen LogP contribution in [0.1, 0.15) is 47.0 Å². The van der Waals surface area contributed by atoms with E-state index in [9.17, 15) is 4.79 Å². The summed E-state index contributed by atoms with van der Waals surface area (Å²) in [6.45, 7) is 10.5. The number of hydrogen-bond acceptors (Lipinski definition) is 2. The fourth-order valence-electron chi connectivity index (χ4n) is 2.61. The molecule has 1 amide bonds. The molecule has 0 radical (unpaired) electrons. The molecule has 0 saturated carbocycles. The van der Waals surface area contributed by atoms with Gasteiger partial charge < -0.3 is 10.2 Å². The Morgan fingerprint density at radius 3 is 2.59 bits per heavy atom. The van der Waals surface area contributed by atoms with E-state index in [2.05, 4.69) is 33.0 Å². The molecular weight excluding hydrogens is 212 g/mol. The summed E-state index contributed by atoms with van der Waals surface area (Å²) in [6, 6.07) is 0.0426. The van der Waals surface area contributed by atoms with E-state index in [1.165, 1.54) is 12.8 Å². The molecule has 2 atom stereocenters. The monoisotopic (exact) mass is 240 g/mol. The fraction of sp³-hybridized carbons (Fsp3) is 0.929. The molecule has 1 heterocycles. The molecule has 3 heteroatoms. The van der Waals surface area contributed by atoms with Gasteiger partial charge >= 0.3 is 0 Å². The van der Waals surface area contributed by atoms with Gasteiger partial charge in [-0.15, -0.1) is 0 Å². The Morgan fingerprint density at radius 1 is 1.41 bits per heavy atom. The van der Waals surface area contributed by atoms with E-state index < -0.39 is 0 Å². The molecule has 1 saturated heterocycles. The second kappa shape index (κ2) is 5.85. The van der Waals surface area contributed by atoms with Crippen LogP contribution in [0.4, 0.5) is 0 Å². The summed E-state index contributed by atoms with van der Waals surface area (Å²) in [4.78, 5) is 14.2. The number of hydrogen-bond donors (Lipinski definition) is 1. The summed E-state index contributed by atoms with van der Waals surface area (Å²) in [6.07, 6.45) is 3.40. The second-order valence-corrected chi connectivity index (χ2v) is 6.56. The maximum atomic E-state index is 12.3. The molecule has 1 N–H and O–H groups in total. The van der Waals surface area contributed by atoms with Gasteiger partial charge in [-0.1, -0.05) is 34.1 Å². The zero-order valence-electron chi connectivity index (χ0n) is 12.0. The lowest BCUT2D eigenvalue weighted by Crippen LogP contribution is -2.50. The van der Waals surface area contributed by atoms with Crippen molar-refractivity contribution in [1.82, 2.24) is 10.2 Å². The number of piperidine rings is 1. The highest BCUT2D eigenvalue weighted by Gasteiger charge is 2.29. The molecule has 1 aliphatic rings. The SMILES string of the molecule is CCC1CCNC(C(=O)N(C)CC(C)(C)C)C1. The van der Waals surface area contributed by atoms with E-state index in [0.29, 0.717) is 5.92 Å². The average molecular weight is 240 g/mol. The third kappa shape index (κ3) is 4.66. The Balaban J connectivity index is 2.51. The molecule has 0 spiro atoms. The molecule has 0 aromatic rings. The van der Waals surface area contributed by atoms with Crippen LogP contribution in [0.2, 0.25) is 0 Å². The molecule has 0 aliphatic carbocycles. The minimum absolute atomic E-state index is 0.0426. The number of amides is 1. The van der Waals surface area contributed by atoms with Crippen LogP contribution in [0.5, 0.6) is 0 Å². The third-order valence-electron chi connectivity index (χ3n) is 3.48. The maximum absolute atomic E-state index is 12.3.